The summed E-state index contributed by atoms with van der Waals surface area (Å²) in [6, 6.07) is 15.9. The molecule has 0 aliphatic rings. The number of carbonyl (C=O) groups is 2. The van der Waals surface area contributed by atoms with E-state index >= 15 is 0 Å². The van der Waals surface area contributed by atoms with Crippen LogP contribution in [-0.2, 0) is 15.0 Å². The van der Waals surface area contributed by atoms with Crippen molar-refractivity contribution in [3.8, 4) is 11.5 Å². The van der Waals surface area contributed by atoms with Crippen molar-refractivity contribution in [3.63, 3.8) is 0 Å². The molecule has 0 radical (unpaired) electrons. The smallest absolute Gasteiger partial charge is 0.311 e. The molecule has 0 unspecified atom stereocenters. The zero-order valence-electron chi connectivity index (χ0n) is 19.4. The zero-order chi connectivity index (χ0) is 22.7. The molecular weight excluding hydrogens is 388 g/mol. The van der Waals surface area contributed by atoms with Crippen molar-refractivity contribution >= 4 is 11.8 Å². The number of esters is 1. The molecule has 2 rings (SSSR count). The van der Waals surface area contributed by atoms with Crippen molar-refractivity contribution in [1.29, 1.82) is 0 Å². The number of hydrogen-bond acceptors (Lipinski definition) is 4. The maximum atomic E-state index is 12.1. The van der Waals surface area contributed by atoms with Gasteiger partial charge in [-0.25, -0.2) is 0 Å². The normalized spacial score (nSPS) is 11.2. The van der Waals surface area contributed by atoms with E-state index in [1.54, 1.807) is 14.0 Å². The molecule has 0 amide bonds. The van der Waals surface area contributed by atoms with E-state index in [1.165, 1.54) is 5.56 Å². The van der Waals surface area contributed by atoms with Crippen molar-refractivity contribution in [3.05, 3.63) is 59.7 Å². The largest absolute Gasteiger partial charge is 0.497 e. The molecule has 0 fully saturated rings. The Morgan fingerprint density at radius 1 is 0.710 bits per heavy atom. The minimum atomic E-state index is -0.182. The van der Waals surface area contributed by atoms with Crippen molar-refractivity contribution < 1.29 is 19.1 Å². The molecule has 4 nitrogen and oxygen atoms in total. The van der Waals surface area contributed by atoms with Gasteiger partial charge >= 0.3 is 5.97 Å². The minimum absolute atomic E-state index is 0.167. The topological polar surface area (TPSA) is 52.6 Å². The minimum Gasteiger partial charge on any atom is -0.497 e. The van der Waals surface area contributed by atoms with E-state index in [9.17, 15) is 9.59 Å². The summed E-state index contributed by atoms with van der Waals surface area (Å²) in [6.07, 6.45) is 7.26. The summed E-state index contributed by atoms with van der Waals surface area (Å²) in [6.45, 7) is 5.99. The van der Waals surface area contributed by atoms with Crippen LogP contribution in [0.1, 0.15) is 83.3 Å². The average Bonchev–Trinajstić information content (AvgIpc) is 2.75. The van der Waals surface area contributed by atoms with Crippen LogP contribution in [0.3, 0.4) is 0 Å². The van der Waals surface area contributed by atoms with Crippen LogP contribution in [0.25, 0.3) is 0 Å². The number of hydrogen-bond donors (Lipinski definition) is 0. The third-order valence-corrected chi connectivity index (χ3v) is 5.78. The molecule has 2 aromatic rings. The van der Waals surface area contributed by atoms with E-state index in [0.29, 0.717) is 18.6 Å². The summed E-state index contributed by atoms with van der Waals surface area (Å²) < 4.78 is 10.7. The molecule has 0 aliphatic heterocycles. The molecule has 0 bridgehead atoms. The molecule has 0 spiro atoms. The molecule has 0 aliphatic carbocycles. The lowest BCUT2D eigenvalue weighted by atomic mass is 9.78. The number of carbonyl (C=O) groups excluding carboxylic acids is 2. The molecule has 0 atom stereocenters. The van der Waals surface area contributed by atoms with Gasteiger partial charge in [-0.2, -0.15) is 0 Å². The van der Waals surface area contributed by atoms with Gasteiger partial charge in [0.15, 0.2) is 0 Å². The average molecular weight is 425 g/mol. The van der Waals surface area contributed by atoms with Gasteiger partial charge in [-0.1, -0.05) is 63.8 Å². The molecule has 2 aromatic carbocycles. The molecule has 0 saturated carbocycles. The van der Waals surface area contributed by atoms with Crippen LogP contribution >= 0.6 is 0 Å². The first-order valence-corrected chi connectivity index (χ1v) is 11.3. The first kappa shape index (κ1) is 24.6. The predicted molar refractivity (Wildman–Crippen MR) is 125 cm³/mol. The van der Waals surface area contributed by atoms with Gasteiger partial charge in [0.05, 0.1) is 7.11 Å². The van der Waals surface area contributed by atoms with E-state index in [0.717, 1.165) is 49.8 Å². The van der Waals surface area contributed by atoms with Crippen molar-refractivity contribution in [2.45, 2.75) is 77.6 Å². The Hall–Kier alpha value is -2.62. The van der Waals surface area contributed by atoms with E-state index in [4.69, 9.17) is 9.47 Å². The summed E-state index contributed by atoms with van der Waals surface area (Å²) in [7, 11) is 1.67. The van der Waals surface area contributed by atoms with Crippen LogP contribution in [0.4, 0.5) is 0 Å². The monoisotopic (exact) mass is 424 g/mol. The third-order valence-electron chi connectivity index (χ3n) is 5.78. The molecule has 0 heterocycles. The summed E-state index contributed by atoms with van der Waals surface area (Å²) in [5, 5.41) is 0. The van der Waals surface area contributed by atoms with Crippen LogP contribution in [0, 0.1) is 0 Å². The Morgan fingerprint density at radius 2 is 1.16 bits per heavy atom. The SMILES string of the molecule is COc1ccc(C(C)(C)c2ccc(OC(=O)CCCCCCCCC(C)=O)cc2)cc1. The molecule has 31 heavy (non-hydrogen) atoms. The highest BCUT2D eigenvalue weighted by Crippen LogP contribution is 2.33. The van der Waals surface area contributed by atoms with Gasteiger partial charge in [0, 0.05) is 18.3 Å². The highest BCUT2D eigenvalue weighted by molar-refractivity contribution is 5.75. The Kier molecular flexibility index (Phi) is 9.77. The fraction of sp³-hybridized carbons (Fsp3) is 0.481. The summed E-state index contributed by atoms with van der Waals surface area (Å²) >= 11 is 0. The lowest BCUT2D eigenvalue weighted by molar-refractivity contribution is -0.134. The molecule has 0 N–H and O–H groups in total. The number of unbranched alkanes of at least 4 members (excludes halogenated alkanes) is 5. The number of benzene rings is 2. The molecule has 168 valence electrons. The van der Waals surface area contributed by atoms with Crippen LogP contribution in [0.5, 0.6) is 11.5 Å². The third kappa shape index (κ3) is 8.20. The standard InChI is InChI=1S/C27H36O4/c1-21(28)11-9-7-5-6-8-10-12-26(29)31-25-19-15-23(16-20-25)27(2,3)22-13-17-24(30-4)18-14-22/h13-20H,5-12H2,1-4H3. The predicted octanol–water partition coefficient (Wildman–Crippen LogP) is 6.64. The maximum absolute atomic E-state index is 12.1. The Balaban J connectivity index is 1.75. The second kappa shape index (κ2) is 12.3. The first-order valence-electron chi connectivity index (χ1n) is 11.3. The van der Waals surface area contributed by atoms with Gasteiger partial charge in [-0.05, 0) is 55.2 Å². The fourth-order valence-corrected chi connectivity index (χ4v) is 3.65. The Morgan fingerprint density at radius 3 is 1.65 bits per heavy atom. The van der Waals surface area contributed by atoms with E-state index in [2.05, 4.69) is 26.0 Å². The molecule has 4 heteroatoms. The highest BCUT2D eigenvalue weighted by atomic mass is 16.5. The van der Waals surface area contributed by atoms with Crippen molar-refractivity contribution in [1.82, 2.24) is 0 Å². The fourth-order valence-electron chi connectivity index (χ4n) is 3.65. The van der Waals surface area contributed by atoms with Gasteiger partial charge in [0.2, 0.25) is 0 Å². The van der Waals surface area contributed by atoms with Crippen LogP contribution in [-0.4, -0.2) is 18.9 Å². The van der Waals surface area contributed by atoms with Crippen LogP contribution < -0.4 is 9.47 Å². The lowest BCUT2D eigenvalue weighted by Crippen LogP contribution is -2.18. The van der Waals surface area contributed by atoms with E-state index in [1.807, 2.05) is 36.4 Å². The van der Waals surface area contributed by atoms with Crippen molar-refractivity contribution in [2.24, 2.45) is 0 Å². The second-order valence-corrected chi connectivity index (χ2v) is 8.68. The number of rotatable bonds is 13. The van der Waals surface area contributed by atoms with Gasteiger partial charge in [-0.15, -0.1) is 0 Å². The lowest BCUT2D eigenvalue weighted by Gasteiger charge is -2.26. The Labute approximate surface area is 187 Å². The summed E-state index contributed by atoms with van der Waals surface area (Å²) in [4.78, 5) is 23.0. The quantitative estimate of drug-likeness (QED) is 0.205. The molecular formula is C27H36O4. The number of ketones is 1. The van der Waals surface area contributed by atoms with Gasteiger partial charge in [0.1, 0.15) is 17.3 Å². The number of Topliss-reactive ketones (excluding diaryl/α,β-unsaturated/α-hetero) is 1. The second-order valence-electron chi connectivity index (χ2n) is 8.68. The van der Waals surface area contributed by atoms with Crippen LogP contribution in [0.2, 0.25) is 0 Å². The number of ether oxygens (including phenoxy) is 2. The number of methoxy groups -OCH3 is 1. The van der Waals surface area contributed by atoms with E-state index in [-0.39, 0.29) is 17.2 Å². The van der Waals surface area contributed by atoms with Gasteiger partial charge in [0.25, 0.3) is 0 Å². The van der Waals surface area contributed by atoms with Crippen molar-refractivity contribution in [2.75, 3.05) is 7.11 Å². The maximum Gasteiger partial charge on any atom is 0.311 e. The first-order chi connectivity index (χ1) is 14.8. The molecule has 0 saturated heterocycles. The van der Waals surface area contributed by atoms with Gasteiger partial charge in [-0.3, -0.25) is 4.79 Å². The Bertz CT molecular complexity index is 819. The summed E-state index contributed by atoms with van der Waals surface area (Å²) in [5.74, 6) is 1.51. The molecule has 0 aromatic heterocycles. The highest BCUT2D eigenvalue weighted by Gasteiger charge is 2.23. The van der Waals surface area contributed by atoms with E-state index < -0.39 is 0 Å². The van der Waals surface area contributed by atoms with Crippen LogP contribution in [0.15, 0.2) is 48.5 Å². The summed E-state index contributed by atoms with van der Waals surface area (Å²) in [5.41, 5.74) is 2.18. The van der Waals surface area contributed by atoms with Gasteiger partial charge < -0.3 is 14.3 Å². The zero-order valence-corrected chi connectivity index (χ0v) is 19.4.